The average Bonchev–Trinajstić information content (AvgIpc) is 2.67. The second kappa shape index (κ2) is 18.3. The lowest BCUT2D eigenvalue weighted by Crippen LogP contribution is -2.42. The molecule has 0 spiro atoms. The minimum atomic E-state index is -0.100. The van der Waals surface area contributed by atoms with Crippen molar-refractivity contribution < 1.29 is 9.53 Å². The summed E-state index contributed by atoms with van der Waals surface area (Å²) in [6, 6.07) is 0. The van der Waals surface area contributed by atoms with Gasteiger partial charge in [0.05, 0.1) is 7.11 Å². The largest absolute Gasteiger partial charge is 0.469 e. The van der Waals surface area contributed by atoms with E-state index in [2.05, 4.69) is 52.4 Å². The van der Waals surface area contributed by atoms with Crippen LogP contribution in [0.25, 0.3) is 0 Å². The van der Waals surface area contributed by atoms with Crippen molar-refractivity contribution in [1.82, 2.24) is 19.6 Å². The molecule has 0 aromatic heterocycles. The molecular formula is C21H47N5O2. The average molecular weight is 402 g/mol. The third-order valence-electron chi connectivity index (χ3n) is 5.16. The first-order chi connectivity index (χ1) is 13.4. The monoisotopic (exact) mass is 401 g/mol. The molecule has 0 bridgehead atoms. The Bertz CT molecular complexity index is 355. The van der Waals surface area contributed by atoms with Gasteiger partial charge in [0.1, 0.15) is 0 Å². The zero-order valence-corrected chi connectivity index (χ0v) is 19.3. The molecule has 0 aliphatic heterocycles. The van der Waals surface area contributed by atoms with E-state index in [-0.39, 0.29) is 5.97 Å². The number of unbranched alkanes of at least 4 members (excludes halogenated alkanes) is 2. The summed E-state index contributed by atoms with van der Waals surface area (Å²) < 4.78 is 4.68. The quantitative estimate of drug-likeness (QED) is 0.258. The summed E-state index contributed by atoms with van der Waals surface area (Å²) in [5.41, 5.74) is 5.66. The highest BCUT2D eigenvalue weighted by atomic mass is 16.5. The lowest BCUT2D eigenvalue weighted by Gasteiger charge is -2.29. The van der Waals surface area contributed by atoms with Crippen LogP contribution < -0.4 is 5.73 Å². The van der Waals surface area contributed by atoms with Crippen LogP contribution >= 0.6 is 0 Å². The van der Waals surface area contributed by atoms with Gasteiger partial charge in [0, 0.05) is 58.8 Å². The molecule has 0 heterocycles. The van der Waals surface area contributed by atoms with Crippen molar-refractivity contribution in [2.45, 2.75) is 39.0 Å². The molecule has 7 heteroatoms. The fraction of sp³-hybridized carbons (Fsp3) is 0.952. The first-order valence-electron chi connectivity index (χ1n) is 11.0. The van der Waals surface area contributed by atoms with Crippen LogP contribution in [0.5, 0.6) is 0 Å². The third kappa shape index (κ3) is 16.2. The molecule has 0 aromatic carbocycles. The Kier molecular flexibility index (Phi) is 17.8. The lowest BCUT2D eigenvalue weighted by atomic mass is 10.2. The first-order valence-corrected chi connectivity index (χ1v) is 11.0. The molecule has 0 fully saturated rings. The van der Waals surface area contributed by atoms with E-state index < -0.39 is 0 Å². The van der Waals surface area contributed by atoms with Gasteiger partial charge in [0.2, 0.25) is 0 Å². The van der Waals surface area contributed by atoms with Gasteiger partial charge in [-0.2, -0.15) is 0 Å². The van der Waals surface area contributed by atoms with Crippen LogP contribution in [0.15, 0.2) is 0 Å². The second-order valence-electron chi connectivity index (χ2n) is 7.93. The number of ether oxygens (including phenoxy) is 1. The van der Waals surface area contributed by atoms with Crippen LogP contribution in [-0.4, -0.2) is 119 Å². The van der Waals surface area contributed by atoms with Crippen molar-refractivity contribution in [3.8, 4) is 0 Å². The van der Waals surface area contributed by atoms with Crippen molar-refractivity contribution in [1.29, 1.82) is 0 Å². The summed E-state index contributed by atoms with van der Waals surface area (Å²) in [7, 11) is 8.01. The minimum Gasteiger partial charge on any atom is -0.469 e. The number of hydrogen-bond acceptors (Lipinski definition) is 7. The van der Waals surface area contributed by atoms with Crippen LogP contribution in [0.2, 0.25) is 0 Å². The maximum absolute atomic E-state index is 11.1. The Balaban J connectivity index is 4.15. The van der Waals surface area contributed by atoms with Crippen LogP contribution in [-0.2, 0) is 9.53 Å². The van der Waals surface area contributed by atoms with Crippen LogP contribution in [0.1, 0.15) is 39.0 Å². The van der Waals surface area contributed by atoms with Crippen molar-refractivity contribution in [2.24, 2.45) is 5.73 Å². The molecule has 0 radical (unpaired) electrons. The van der Waals surface area contributed by atoms with Crippen LogP contribution in [0, 0.1) is 0 Å². The molecule has 0 saturated heterocycles. The number of carbonyl (C=O) groups is 1. The summed E-state index contributed by atoms with van der Waals surface area (Å²) in [6.45, 7) is 12.7. The summed E-state index contributed by atoms with van der Waals surface area (Å²) in [5, 5.41) is 0. The van der Waals surface area contributed by atoms with E-state index in [1.165, 1.54) is 13.5 Å². The Labute approximate surface area is 174 Å². The molecule has 0 rings (SSSR count). The molecule has 0 unspecified atom stereocenters. The zero-order valence-electron chi connectivity index (χ0n) is 19.3. The summed E-state index contributed by atoms with van der Waals surface area (Å²) in [5.74, 6) is -0.100. The minimum absolute atomic E-state index is 0.100. The Morgan fingerprint density at radius 1 is 0.750 bits per heavy atom. The number of methoxy groups -OCH3 is 1. The van der Waals surface area contributed by atoms with E-state index in [4.69, 9.17) is 5.73 Å². The van der Waals surface area contributed by atoms with Gasteiger partial charge in [-0.15, -0.1) is 0 Å². The zero-order chi connectivity index (χ0) is 21.2. The Morgan fingerprint density at radius 2 is 1.29 bits per heavy atom. The second-order valence-corrected chi connectivity index (χ2v) is 7.93. The third-order valence-corrected chi connectivity index (χ3v) is 5.16. The SMILES string of the molecule is CCCN(C)CCN(CCN(C)CCN)CCN(C)CCCCCC(=O)OC. The molecule has 168 valence electrons. The van der Waals surface area contributed by atoms with Gasteiger partial charge >= 0.3 is 5.97 Å². The van der Waals surface area contributed by atoms with Gasteiger partial charge in [-0.3, -0.25) is 9.69 Å². The van der Waals surface area contributed by atoms with Crippen LogP contribution in [0.4, 0.5) is 0 Å². The van der Waals surface area contributed by atoms with Gasteiger partial charge < -0.3 is 25.2 Å². The standard InChI is InChI=1S/C21H47N5O2/c1-6-12-23(2)15-18-26(20-17-25(4)14-11-22)19-16-24(3)13-9-7-8-10-21(27)28-5/h6-20,22H2,1-5H3. The van der Waals surface area contributed by atoms with Crippen LogP contribution in [0.3, 0.4) is 0 Å². The predicted molar refractivity (Wildman–Crippen MR) is 119 cm³/mol. The topological polar surface area (TPSA) is 65.3 Å². The van der Waals surface area contributed by atoms with Gasteiger partial charge in [0.15, 0.2) is 0 Å². The molecule has 0 aromatic rings. The Hall–Kier alpha value is -0.730. The van der Waals surface area contributed by atoms with Gasteiger partial charge in [-0.05, 0) is 53.5 Å². The number of carbonyl (C=O) groups excluding carboxylic acids is 1. The maximum atomic E-state index is 11.1. The van der Waals surface area contributed by atoms with E-state index >= 15 is 0 Å². The fourth-order valence-electron chi connectivity index (χ4n) is 3.14. The number of nitrogens with two attached hydrogens (primary N) is 1. The van der Waals surface area contributed by atoms with Crippen molar-refractivity contribution in [3.05, 3.63) is 0 Å². The number of esters is 1. The molecule has 0 saturated carbocycles. The molecule has 0 aliphatic rings. The van der Waals surface area contributed by atoms with Gasteiger partial charge in [-0.1, -0.05) is 13.3 Å². The molecular weight excluding hydrogens is 354 g/mol. The molecule has 0 amide bonds. The van der Waals surface area contributed by atoms with Crippen molar-refractivity contribution >= 4 is 5.97 Å². The van der Waals surface area contributed by atoms with E-state index in [1.807, 2.05) is 0 Å². The van der Waals surface area contributed by atoms with E-state index in [9.17, 15) is 4.79 Å². The van der Waals surface area contributed by atoms with Gasteiger partial charge in [0.25, 0.3) is 0 Å². The number of hydrogen-bond donors (Lipinski definition) is 1. The Morgan fingerprint density at radius 3 is 1.79 bits per heavy atom. The van der Waals surface area contributed by atoms with E-state index in [0.717, 1.165) is 78.2 Å². The highest BCUT2D eigenvalue weighted by molar-refractivity contribution is 5.68. The normalized spacial score (nSPS) is 11.9. The molecule has 28 heavy (non-hydrogen) atoms. The summed E-state index contributed by atoms with van der Waals surface area (Å²) in [4.78, 5) is 20.9. The highest BCUT2D eigenvalue weighted by Crippen LogP contribution is 2.03. The molecule has 0 atom stereocenters. The fourth-order valence-corrected chi connectivity index (χ4v) is 3.14. The number of rotatable bonds is 19. The van der Waals surface area contributed by atoms with E-state index in [0.29, 0.717) is 13.0 Å². The first kappa shape index (κ1) is 27.3. The lowest BCUT2D eigenvalue weighted by molar-refractivity contribution is -0.140. The number of nitrogens with zero attached hydrogens (tertiary/aromatic N) is 4. The predicted octanol–water partition coefficient (Wildman–Crippen LogP) is 1.19. The highest BCUT2D eigenvalue weighted by Gasteiger charge is 2.10. The molecule has 0 aliphatic carbocycles. The van der Waals surface area contributed by atoms with Crippen molar-refractivity contribution in [3.63, 3.8) is 0 Å². The smallest absolute Gasteiger partial charge is 0.305 e. The maximum Gasteiger partial charge on any atom is 0.305 e. The summed E-state index contributed by atoms with van der Waals surface area (Å²) >= 11 is 0. The van der Waals surface area contributed by atoms with Gasteiger partial charge in [-0.25, -0.2) is 0 Å². The molecule has 7 nitrogen and oxygen atoms in total. The van der Waals surface area contributed by atoms with Crippen molar-refractivity contribution in [2.75, 3.05) is 93.7 Å². The molecule has 2 N–H and O–H groups in total. The van der Waals surface area contributed by atoms with E-state index in [1.54, 1.807) is 0 Å². The number of likely N-dealkylation sites (N-methyl/N-ethyl adjacent to an activating group) is 3. The summed E-state index contributed by atoms with van der Waals surface area (Å²) in [6.07, 6.45) is 4.87.